The Morgan fingerprint density at radius 2 is 2.05 bits per heavy atom. The van der Waals surface area contributed by atoms with E-state index in [1.165, 1.54) is 11.3 Å². The van der Waals surface area contributed by atoms with Crippen molar-refractivity contribution in [1.82, 2.24) is 14.5 Å². The van der Waals surface area contributed by atoms with E-state index in [2.05, 4.69) is 45.8 Å². The summed E-state index contributed by atoms with van der Waals surface area (Å²) in [5, 5.41) is 0. The number of imidazole rings is 1. The molecule has 1 fully saturated rings. The van der Waals surface area contributed by atoms with Crippen LogP contribution in [0.5, 0.6) is 0 Å². The van der Waals surface area contributed by atoms with Crippen LogP contribution in [0, 0.1) is 12.8 Å². The minimum Gasteiger partial charge on any atom is -0.330 e. The van der Waals surface area contributed by atoms with Crippen molar-refractivity contribution in [3.8, 4) is 5.69 Å². The van der Waals surface area contributed by atoms with Crippen molar-refractivity contribution in [2.45, 2.75) is 19.4 Å². The van der Waals surface area contributed by atoms with Crippen LogP contribution in [0.4, 0.5) is 0 Å². The second-order valence-electron chi connectivity index (χ2n) is 5.73. The quantitative estimate of drug-likeness (QED) is 0.929. The number of hydrogen-bond donors (Lipinski definition) is 1. The van der Waals surface area contributed by atoms with E-state index in [4.69, 9.17) is 5.73 Å². The Labute approximate surface area is 120 Å². The number of likely N-dealkylation sites (tertiary alicyclic amines) is 1. The normalized spacial score (nSPS) is 23.4. The van der Waals surface area contributed by atoms with E-state index in [9.17, 15) is 0 Å². The van der Waals surface area contributed by atoms with Gasteiger partial charge in [0, 0.05) is 30.7 Å². The third kappa shape index (κ3) is 2.37. The van der Waals surface area contributed by atoms with Gasteiger partial charge in [-0.15, -0.1) is 0 Å². The van der Waals surface area contributed by atoms with Crippen LogP contribution in [-0.2, 0) is 0 Å². The van der Waals surface area contributed by atoms with Crippen molar-refractivity contribution in [3.63, 3.8) is 0 Å². The molecule has 1 aromatic heterocycles. The minimum absolute atomic E-state index is 0.501. The van der Waals surface area contributed by atoms with Crippen molar-refractivity contribution in [2.24, 2.45) is 11.7 Å². The topological polar surface area (TPSA) is 47.1 Å². The summed E-state index contributed by atoms with van der Waals surface area (Å²) >= 11 is 0. The number of nitrogens with two attached hydrogens (primary N) is 1. The Balaban J connectivity index is 1.82. The molecule has 1 saturated heterocycles. The van der Waals surface area contributed by atoms with E-state index >= 15 is 0 Å². The molecule has 1 aromatic carbocycles. The number of rotatable bonds is 3. The fourth-order valence-electron chi connectivity index (χ4n) is 3.17. The maximum absolute atomic E-state index is 5.80. The molecular formula is C16H22N4. The Bertz CT molecular complexity index is 572. The summed E-state index contributed by atoms with van der Waals surface area (Å²) in [5.41, 5.74) is 8.35. The molecule has 2 unspecified atom stereocenters. The first-order chi connectivity index (χ1) is 9.69. The molecule has 1 aliphatic heterocycles. The van der Waals surface area contributed by atoms with E-state index < -0.39 is 0 Å². The predicted octanol–water partition coefficient (Wildman–Crippen LogP) is 2.13. The monoisotopic (exact) mass is 270 g/mol. The predicted molar refractivity (Wildman–Crippen MR) is 80.8 cm³/mol. The van der Waals surface area contributed by atoms with Crippen LogP contribution in [-0.4, -0.2) is 34.6 Å². The first-order valence-corrected chi connectivity index (χ1v) is 7.19. The number of aryl methyl sites for hydroxylation is 1. The van der Waals surface area contributed by atoms with E-state index in [0.717, 1.165) is 25.3 Å². The fourth-order valence-corrected chi connectivity index (χ4v) is 3.17. The number of benzene rings is 1. The zero-order chi connectivity index (χ0) is 14.1. The summed E-state index contributed by atoms with van der Waals surface area (Å²) in [6, 6.07) is 9.31. The Kier molecular flexibility index (Phi) is 3.59. The largest absolute Gasteiger partial charge is 0.330 e. The first-order valence-electron chi connectivity index (χ1n) is 7.19. The third-order valence-corrected chi connectivity index (χ3v) is 4.35. The number of hydrogen-bond acceptors (Lipinski definition) is 3. The van der Waals surface area contributed by atoms with Gasteiger partial charge in [-0.2, -0.15) is 0 Å². The molecule has 106 valence electrons. The van der Waals surface area contributed by atoms with Crippen LogP contribution >= 0.6 is 0 Å². The first kappa shape index (κ1) is 13.3. The molecule has 1 aliphatic rings. The van der Waals surface area contributed by atoms with Crippen LogP contribution in [0.2, 0.25) is 0 Å². The molecule has 2 heterocycles. The van der Waals surface area contributed by atoms with Crippen molar-refractivity contribution >= 4 is 0 Å². The lowest BCUT2D eigenvalue weighted by Crippen LogP contribution is -2.20. The van der Waals surface area contributed by atoms with E-state index in [0.29, 0.717) is 12.0 Å². The molecule has 20 heavy (non-hydrogen) atoms. The maximum atomic E-state index is 5.80. The van der Waals surface area contributed by atoms with Gasteiger partial charge in [-0.05, 0) is 50.6 Å². The molecule has 0 bridgehead atoms. The fraction of sp³-hybridized carbons (Fsp3) is 0.438. The van der Waals surface area contributed by atoms with E-state index in [-0.39, 0.29) is 0 Å². The molecule has 2 aromatic rings. The molecular weight excluding hydrogens is 248 g/mol. The summed E-state index contributed by atoms with van der Waals surface area (Å²) in [5.74, 6) is 1.64. The molecule has 4 heteroatoms. The second kappa shape index (κ2) is 5.38. The van der Waals surface area contributed by atoms with Gasteiger partial charge in [-0.25, -0.2) is 4.98 Å². The van der Waals surface area contributed by atoms with Crippen molar-refractivity contribution in [2.75, 3.05) is 20.1 Å². The van der Waals surface area contributed by atoms with E-state index in [1.807, 2.05) is 19.3 Å². The Hall–Kier alpha value is -1.65. The molecule has 4 nitrogen and oxygen atoms in total. The van der Waals surface area contributed by atoms with Gasteiger partial charge in [-0.3, -0.25) is 4.90 Å². The highest BCUT2D eigenvalue weighted by Gasteiger charge is 2.29. The summed E-state index contributed by atoms with van der Waals surface area (Å²) in [7, 11) is 2.19. The molecule has 0 saturated carbocycles. The third-order valence-electron chi connectivity index (χ3n) is 4.35. The van der Waals surface area contributed by atoms with Crippen LogP contribution in [0.25, 0.3) is 5.69 Å². The van der Waals surface area contributed by atoms with Gasteiger partial charge >= 0.3 is 0 Å². The highest BCUT2D eigenvalue weighted by molar-refractivity contribution is 5.37. The smallest absolute Gasteiger partial charge is 0.110 e. The lowest BCUT2D eigenvalue weighted by Gasteiger charge is -2.20. The summed E-state index contributed by atoms with van der Waals surface area (Å²) in [6.07, 6.45) is 4.99. The van der Waals surface area contributed by atoms with Gasteiger partial charge in [0.2, 0.25) is 0 Å². The Morgan fingerprint density at radius 1 is 1.30 bits per heavy atom. The molecule has 2 atom stereocenters. The molecule has 0 amide bonds. The van der Waals surface area contributed by atoms with Crippen LogP contribution in [0.15, 0.2) is 36.7 Å². The zero-order valence-electron chi connectivity index (χ0n) is 12.2. The van der Waals surface area contributed by atoms with Crippen LogP contribution in [0.3, 0.4) is 0 Å². The summed E-state index contributed by atoms with van der Waals surface area (Å²) in [4.78, 5) is 6.68. The van der Waals surface area contributed by atoms with Crippen LogP contribution < -0.4 is 5.73 Å². The molecule has 2 N–H and O–H groups in total. The molecule has 0 radical (unpaired) electrons. The van der Waals surface area contributed by atoms with Gasteiger partial charge in [-0.1, -0.05) is 12.1 Å². The second-order valence-corrected chi connectivity index (χ2v) is 5.73. The average Bonchev–Trinajstić information content (AvgIpc) is 3.05. The highest BCUT2D eigenvalue weighted by atomic mass is 15.2. The van der Waals surface area contributed by atoms with E-state index in [1.54, 1.807) is 0 Å². The lowest BCUT2D eigenvalue weighted by molar-refractivity contribution is 0.313. The standard InChI is InChI=1S/C16H22N4/c1-12-18-7-8-20(12)15-5-3-14(4-6-15)16-9-13(10-17)11-19(16)2/h3-8,13,16H,9-11,17H2,1-2H3. The molecule has 3 rings (SSSR count). The van der Waals surface area contributed by atoms with Crippen molar-refractivity contribution in [1.29, 1.82) is 0 Å². The van der Waals surface area contributed by atoms with Gasteiger partial charge < -0.3 is 10.3 Å². The molecule has 0 aliphatic carbocycles. The molecule has 0 spiro atoms. The highest BCUT2D eigenvalue weighted by Crippen LogP contribution is 2.33. The minimum atomic E-state index is 0.501. The van der Waals surface area contributed by atoms with Gasteiger partial charge in [0.1, 0.15) is 5.82 Å². The summed E-state index contributed by atoms with van der Waals surface area (Å²) < 4.78 is 2.10. The Morgan fingerprint density at radius 3 is 2.60 bits per heavy atom. The zero-order valence-corrected chi connectivity index (χ0v) is 12.2. The van der Waals surface area contributed by atoms with Crippen molar-refractivity contribution in [3.05, 3.63) is 48.0 Å². The lowest BCUT2D eigenvalue weighted by atomic mass is 10.00. The van der Waals surface area contributed by atoms with Gasteiger partial charge in [0.05, 0.1) is 0 Å². The SMILES string of the molecule is Cc1nccn1-c1ccc(C2CC(CN)CN2C)cc1. The van der Waals surface area contributed by atoms with Crippen LogP contribution in [0.1, 0.15) is 23.9 Å². The average molecular weight is 270 g/mol. The van der Waals surface area contributed by atoms with Gasteiger partial charge in [0.25, 0.3) is 0 Å². The number of nitrogens with zero attached hydrogens (tertiary/aromatic N) is 3. The maximum Gasteiger partial charge on any atom is 0.110 e. The summed E-state index contributed by atoms with van der Waals surface area (Å²) in [6.45, 7) is 3.90. The van der Waals surface area contributed by atoms with Gasteiger partial charge in [0.15, 0.2) is 0 Å². The van der Waals surface area contributed by atoms with Crippen molar-refractivity contribution < 1.29 is 0 Å². The number of aromatic nitrogens is 2.